The van der Waals surface area contributed by atoms with Crippen LogP contribution in [0.3, 0.4) is 0 Å². The van der Waals surface area contributed by atoms with Crippen molar-refractivity contribution in [3.8, 4) is 0 Å². The molecule has 2 heterocycles. The predicted octanol–water partition coefficient (Wildman–Crippen LogP) is 2.19. The van der Waals surface area contributed by atoms with Gasteiger partial charge in [-0.25, -0.2) is 9.97 Å². The lowest BCUT2D eigenvalue weighted by atomic mass is 9.53. The maximum absolute atomic E-state index is 6.54. The van der Waals surface area contributed by atoms with Gasteiger partial charge in [-0.05, 0) is 63.3 Å². The van der Waals surface area contributed by atoms with Crippen molar-refractivity contribution in [2.75, 3.05) is 49.2 Å². The van der Waals surface area contributed by atoms with Crippen LogP contribution in [0.25, 0.3) is 0 Å². The number of rotatable bonds is 3. The largest absolute Gasteiger partial charge is 0.393 e. The summed E-state index contributed by atoms with van der Waals surface area (Å²) in [6.07, 6.45) is 9.93. The second-order valence-electron chi connectivity index (χ2n) is 9.07. The molecule has 0 spiro atoms. The summed E-state index contributed by atoms with van der Waals surface area (Å²) >= 11 is 0. The zero-order chi connectivity index (χ0) is 17.0. The number of nitrogens with one attached hydrogen (secondary N) is 1. The Morgan fingerprint density at radius 2 is 1.60 bits per heavy atom. The van der Waals surface area contributed by atoms with Crippen molar-refractivity contribution in [1.82, 2.24) is 14.9 Å². The summed E-state index contributed by atoms with van der Waals surface area (Å²) in [5, 5.41) is 3.83. The van der Waals surface area contributed by atoms with Gasteiger partial charge in [-0.1, -0.05) is 0 Å². The molecule has 25 heavy (non-hydrogen) atoms. The molecule has 4 saturated carbocycles. The van der Waals surface area contributed by atoms with E-state index in [-0.39, 0.29) is 5.54 Å². The third-order valence-corrected chi connectivity index (χ3v) is 7.09. The Morgan fingerprint density at radius 1 is 1.00 bits per heavy atom. The maximum atomic E-state index is 6.54. The molecule has 6 rings (SSSR count). The summed E-state index contributed by atoms with van der Waals surface area (Å²) in [6.45, 7) is 4.07. The fourth-order valence-corrected chi connectivity index (χ4v) is 6.27. The number of hydrogen-bond donors (Lipinski definition) is 2. The van der Waals surface area contributed by atoms with E-state index in [0.717, 1.165) is 61.3 Å². The standard InChI is InChI=1S/C19H30N6/c1-24-2-4-25(5-3-24)18-16(20)17(21-12-22-18)23-19-9-13-6-14(10-19)8-15(7-13)11-19/h12-15H,2-11,20H2,1H3,(H,21,22,23). The maximum Gasteiger partial charge on any atom is 0.157 e. The van der Waals surface area contributed by atoms with Crippen molar-refractivity contribution in [3.63, 3.8) is 0 Å². The van der Waals surface area contributed by atoms with Crippen molar-refractivity contribution in [3.05, 3.63) is 6.33 Å². The molecule has 1 aromatic rings. The summed E-state index contributed by atoms with van der Waals surface area (Å²) in [7, 11) is 2.17. The van der Waals surface area contributed by atoms with E-state index in [2.05, 4.69) is 32.1 Å². The molecule has 0 atom stereocenters. The van der Waals surface area contributed by atoms with E-state index in [4.69, 9.17) is 5.73 Å². The van der Waals surface area contributed by atoms with E-state index >= 15 is 0 Å². The Hall–Kier alpha value is -1.56. The van der Waals surface area contributed by atoms with Gasteiger partial charge in [-0.3, -0.25) is 0 Å². The second-order valence-corrected chi connectivity index (χ2v) is 9.07. The zero-order valence-corrected chi connectivity index (χ0v) is 15.2. The van der Waals surface area contributed by atoms with Crippen molar-refractivity contribution in [2.45, 2.75) is 44.1 Å². The molecule has 0 unspecified atom stereocenters. The van der Waals surface area contributed by atoms with E-state index in [1.807, 2.05) is 0 Å². The van der Waals surface area contributed by atoms with Crippen LogP contribution in [0, 0.1) is 17.8 Å². The molecule has 4 bridgehead atoms. The summed E-state index contributed by atoms with van der Waals surface area (Å²) in [4.78, 5) is 13.7. The van der Waals surface area contributed by atoms with Crippen LogP contribution in [0.2, 0.25) is 0 Å². The molecule has 3 N–H and O–H groups in total. The van der Waals surface area contributed by atoms with Gasteiger partial charge in [0.05, 0.1) is 0 Å². The van der Waals surface area contributed by atoms with Gasteiger partial charge in [0, 0.05) is 31.7 Å². The Balaban J connectivity index is 1.39. The van der Waals surface area contributed by atoms with Crippen LogP contribution in [-0.4, -0.2) is 53.6 Å². The molecule has 5 aliphatic rings. The van der Waals surface area contributed by atoms with Crippen LogP contribution >= 0.6 is 0 Å². The molecule has 1 aromatic heterocycles. The molecule has 1 aliphatic heterocycles. The lowest BCUT2D eigenvalue weighted by Gasteiger charge is -2.57. The first kappa shape index (κ1) is 15.7. The molecule has 0 radical (unpaired) electrons. The summed E-state index contributed by atoms with van der Waals surface area (Å²) in [6, 6.07) is 0. The third-order valence-electron chi connectivity index (χ3n) is 7.09. The van der Waals surface area contributed by atoms with Gasteiger partial charge in [0.1, 0.15) is 12.0 Å². The molecule has 136 valence electrons. The number of anilines is 3. The molecule has 4 aliphatic carbocycles. The number of likely N-dealkylation sites (N-methyl/N-ethyl adjacent to an activating group) is 1. The highest BCUT2D eigenvalue weighted by molar-refractivity contribution is 5.75. The second kappa shape index (κ2) is 5.73. The van der Waals surface area contributed by atoms with E-state index in [0.29, 0.717) is 0 Å². The van der Waals surface area contributed by atoms with Crippen LogP contribution in [0.15, 0.2) is 6.33 Å². The number of piperazine rings is 1. The third kappa shape index (κ3) is 2.75. The highest BCUT2D eigenvalue weighted by Gasteiger charge is 2.51. The van der Waals surface area contributed by atoms with Gasteiger partial charge < -0.3 is 20.9 Å². The first-order valence-corrected chi connectivity index (χ1v) is 9.92. The summed E-state index contributed by atoms with van der Waals surface area (Å²) in [5.41, 5.74) is 7.51. The van der Waals surface area contributed by atoms with Crippen molar-refractivity contribution in [1.29, 1.82) is 0 Å². The molecule has 0 aromatic carbocycles. The van der Waals surface area contributed by atoms with Crippen LogP contribution in [-0.2, 0) is 0 Å². The quantitative estimate of drug-likeness (QED) is 0.877. The molecule has 1 saturated heterocycles. The predicted molar refractivity (Wildman–Crippen MR) is 101 cm³/mol. The number of nitrogens with zero attached hydrogens (tertiary/aromatic N) is 4. The van der Waals surface area contributed by atoms with Gasteiger partial charge in [-0.15, -0.1) is 0 Å². The first-order valence-electron chi connectivity index (χ1n) is 9.92. The van der Waals surface area contributed by atoms with E-state index < -0.39 is 0 Å². The van der Waals surface area contributed by atoms with Crippen molar-refractivity contribution < 1.29 is 0 Å². The van der Waals surface area contributed by atoms with Gasteiger partial charge >= 0.3 is 0 Å². The van der Waals surface area contributed by atoms with Crippen LogP contribution in [0.5, 0.6) is 0 Å². The van der Waals surface area contributed by atoms with Gasteiger partial charge in [0.25, 0.3) is 0 Å². The van der Waals surface area contributed by atoms with Crippen molar-refractivity contribution in [2.24, 2.45) is 17.8 Å². The Bertz CT molecular complexity index is 616. The average Bonchev–Trinajstić information content (AvgIpc) is 2.56. The normalized spacial score (nSPS) is 37.5. The molecule has 5 fully saturated rings. The smallest absolute Gasteiger partial charge is 0.157 e. The Labute approximate surface area is 150 Å². The minimum Gasteiger partial charge on any atom is -0.393 e. The first-order chi connectivity index (χ1) is 12.1. The minimum atomic E-state index is 0.233. The number of nitrogens with two attached hydrogens (primary N) is 1. The molecule has 0 amide bonds. The van der Waals surface area contributed by atoms with Crippen molar-refractivity contribution >= 4 is 17.3 Å². The Morgan fingerprint density at radius 3 is 2.20 bits per heavy atom. The number of nitrogen functional groups attached to an aromatic ring is 1. The Kier molecular flexibility index (Phi) is 3.59. The fraction of sp³-hybridized carbons (Fsp3) is 0.789. The van der Waals surface area contributed by atoms with Crippen LogP contribution in [0.4, 0.5) is 17.3 Å². The highest BCUT2D eigenvalue weighted by Crippen LogP contribution is 2.56. The SMILES string of the molecule is CN1CCN(c2ncnc(NC34CC5CC(CC(C5)C3)C4)c2N)CC1. The molecule has 6 nitrogen and oxygen atoms in total. The van der Waals surface area contributed by atoms with E-state index in [1.165, 1.54) is 38.5 Å². The number of hydrogen-bond acceptors (Lipinski definition) is 6. The zero-order valence-electron chi connectivity index (χ0n) is 15.2. The minimum absolute atomic E-state index is 0.233. The summed E-state index contributed by atoms with van der Waals surface area (Å²) < 4.78 is 0. The lowest BCUT2D eigenvalue weighted by Crippen LogP contribution is -2.55. The monoisotopic (exact) mass is 342 g/mol. The fourth-order valence-electron chi connectivity index (χ4n) is 6.27. The molecular formula is C19H30N6. The number of aromatic nitrogens is 2. The van der Waals surface area contributed by atoms with Gasteiger partial charge in [-0.2, -0.15) is 0 Å². The van der Waals surface area contributed by atoms with Gasteiger partial charge in [0.15, 0.2) is 11.6 Å². The van der Waals surface area contributed by atoms with Crippen LogP contribution < -0.4 is 16.0 Å². The van der Waals surface area contributed by atoms with E-state index in [9.17, 15) is 0 Å². The highest BCUT2D eigenvalue weighted by atomic mass is 15.3. The van der Waals surface area contributed by atoms with Crippen LogP contribution in [0.1, 0.15) is 38.5 Å². The summed E-state index contributed by atoms with van der Waals surface area (Å²) in [5.74, 6) is 4.53. The topological polar surface area (TPSA) is 70.3 Å². The average molecular weight is 342 g/mol. The lowest BCUT2D eigenvalue weighted by molar-refractivity contribution is 0.0106. The molecule has 6 heteroatoms. The van der Waals surface area contributed by atoms with E-state index in [1.54, 1.807) is 6.33 Å². The van der Waals surface area contributed by atoms with Gasteiger partial charge in [0.2, 0.25) is 0 Å². The molecular weight excluding hydrogens is 312 g/mol.